The third kappa shape index (κ3) is 3.11. The minimum absolute atomic E-state index is 0.0552. The van der Waals surface area contributed by atoms with Gasteiger partial charge < -0.3 is 0 Å². The third-order valence-corrected chi connectivity index (χ3v) is 9.39. The predicted molar refractivity (Wildman–Crippen MR) is 162 cm³/mol. The number of hydrogen-bond donors (Lipinski definition) is 0. The van der Waals surface area contributed by atoms with Crippen molar-refractivity contribution in [1.29, 1.82) is 0 Å². The zero-order valence-electron chi connectivity index (χ0n) is 25.0. The number of rotatable bonds is 3. The van der Waals surface area contributed by atoms with E-state index >= 15 is 0 Å². The van der Waals surface area contributed by atoms with Crippen molar-refractivity contribution >= 4 is 68.6 Å². The molecule has 1 aliphatic carbocycles. The second kappa shape index (κ2) is 8.87. The van der Waals surface area contributed by atoms with E-state index in [1.54, 1.807) is 27.7 Å². The van der Waals surface area contributed by atoms with Crippen LogP contribution in [0.15, 0.2) is 48.5 Å². The van der Waals surface area contributed by atoms with Crippen LogP contribution in [-0.4, -0.2) is 68.0 Å². The third-order valence-electron chi connectivity index (χ3n) is 9.39. The summed E-state index contributed by atoms with van der Waals surface area (Å²) in [6.45, 7) is 6.95. The number of imide groups is 3. The molecule has 11 heteroatoms. The van der Waals surface area contributed by atoms with Crippen molar-refractivity contribution in [3.05, 3.63) is 93.0 Å². The van der Waals surface area contributed by atoms with E-state index in [0.29, 0.717) is 10.0 Å². The van der Waals surface area contributed by atoms with Crippen molar-refractivity contribution in [3.63, 3.8) is 0 Å². The Kier molecular flexibility index (Phi) is 5.34. The van der Waals surface area contributed by atoms with Crippen LogP contribution in [0.3, 0.4) is 0 Å². The largest absolute Gasteiger partial charge is 0.293 e. The molecule has 0 aromatic heterocycles. The summed E-state index contributed by atoms with van der Waals surface area (Å²) >= 11 is 0. The van der Waals surface area contributed by atoms with Crippen LogP contribution in [0.4, 0.5) is 0 Å². The summed E-state index contributed by atoms with van der Waals surface area (Å²) in [7, 11) is 0. The van der Waals surface area contributed by atoms with Crippen LogP contribution in [0.5, 0.6) is 0 Å². The molecule has 11 nitrogen and oxygen atoms in total. The Labute approximate surface area is 260 Å². The van der Waals surface area contributed by atoms with Gasteiger partial charge in [0, 0.05) is 49.8 Å². The van der Waals surface area contributed by atoms with Crippen LogP contribution in [0.1, 0.15) is 111 Å². The molecule has 0 atom stereocenters. The highest BCUT2D eigenvalue weighted by molar-refractivity contribution is 6.37. The molecule has 4 aromatic rings. The maximum absolute atomic E-state index is 14.1. The summed E-state index contributed by atoms with van der Waals surface area (Å²) in [5.74, 6) is -7.05. The monoisotopic (exact) mass is 613 g/mol. The zero-order valence-corrected chi connectivity index (χ0v) is 25.0. The smallest absolute Gasteiger partial charge is 0.281 e. The van der Waals surface area contributed by atoms with E-state index in [4.69, 9.17) is 0 Å². The molecule has 0 unspecified atom stereocenters. The van der Waals surface area contributed by atoms with E-state index in [9.17, 15) is 38.4 Å². The van der Waals surface area contributed by atoms with Gasteiger partial charge in [-0.3, -0.25) is 43.3 Å². The predicted octanol–water partition coefficient (Wildman–Crippen LogP) is 4.46. The first kappa shape index (κ1) is 27.7. The molecule has 8 rings (SSSR count). The summed E-state index contributed by atoms with van der Waals surface area (Å²) in [4.78, 5) is 111. The van der Waals surface area contributed by atoms with Gasteiger partial charge in [0.2, 0.25) is 0 Å². The number of carbonyl (C=O) groups excluding carboxylic acids is 8. The first-order valence-electron chi connectivity index (χ1n) is 14.8. The number of hydrazine groups is 1. The average Bonchev–Trinajstić information content (AvgIpc) is 3.01. The molecule has 0 fully saturated rings. The van der Waals surface area contributed by atoms with Gasteiger partial charge in [0.25, 0.3) is 35.4 Å². The summed E-state index contributed by atoms with van der Waals surface area (Å²) in [6, 6.07) is 10.7. The van der Waals surface area contributed by atoms with Gasteiger partial charge in [0.15, 0.2) is 11.6 Å². The molecule has 6 amide bonds. The molecule has 0 bridgehead atoms. The Morgan fingerprint density at radius 1 is 0.413 bits per heavy atom. The van der Waals surface area contributed by atoms with Crippen molar-refractivity contribution in [1.82, 2.24) is 14.9 Å². The molecule has 0 radical (unpaired) electrons. The fourth-order valence-electron chi connectivity index (χ4n) is 7.36. The average molecular weight is 614 g/mol. The van der Waals surface area contributed by atoms with Gasteiger partial charge in [-0.1, -0.05) is 13.8 Å². The van der Waals surface area contributed by atoms with Crippen molar-refractivity contribution in [3.8, 4) is 0 Å². The molecule has 3 heterocycles. The minimum Gasteiger partial charge on any atom is -0.293 e. The second-order valence-electron chi connectivity index (χ2n) is 12.5. The van der Waals surface area contributed by atoms with Crippen LogP contribution >= 0.6 is 0 Å². The SMILES string of the molecule is CC(C)C1C(=O)c2ccc3c4c(ccc(c24)C1=O)C(=O)N(N1C(=O)c2ccc4c5c(ccc(c25)C1=O)C(=O)N(C(C)C)C4=O)C3=O. The van der Waals surface area contributed by atoms with E-state index in [1.165, 1.54) is 48.5 Å². The first-order chi connectivity index (χ1) is 21.9. The minimum atomic E-state index is -0.992. The highest BCUT2D eigenvalue weighted by Crippen LogP contribution is 2.43. The Balaban J connectivity index is 1.28. The van der Waals surface area contributed by atoms with Gasteiger partial charge in [0.1, 0.15) is 0 Å². The van der Waals surface area contributed by atoms with Crippen LogP contribution in [0.2, 0.25) is 0 Å². The molecule has 0 spiro atoms. The number of Topliss-reactive ketones (excluding diaryl/α,β-unsaturated/α-hetero) is 2. The summed E-state index contributed by atoms with van der Waals surface area (Å²) in [6.07, 6.45) is 0. The van der Waals surface area contributed by atoms with Crippen molar-refractivity contribution in [2.75, 3.05) is 0 Å². The molecule has 4 aromatic carbocycles. The molecule has 226 valence electrons. The van der Waals surface area contributed by atoms with Gasteiger partial charge >= 0.3 is 0 Å². The normalized spacial score (nSPS) is 17.7. The van der Waals surface area contributed by atoms with Crippen molar-refractivity contribution in [2.45, 2.75) is 33.7 Å². The Morgan fingerprint density at radius 3 is 0.957 bits per heavy atom. The number of carbonyl (C=O) groups is 8. The van der Waals surface area contributed by atoms with E-state index in [2.05, 4.69) is 0 Å². The lowest BCUT2D eigenvalue weighted by atomic mass is 9.73. The lowest BCUT2D eigenvalue weighted by Crippen LogP contribution is -2.58. The molecule has 0 N–H and O–H groups in total. The number of hydrogen-bond acceptors (Lipinski definition) is 8. The molecular weight excluding hydrogens is 590 g/mol. The molecule has 0 saturated carbocycles. The topological polar surface area (TPSA) is 146 Å². The molecular formula is C35H23N3O8. The van der Waals surface area contributed by atoms with Gasteiger partial charge in [0.05, 0.1) is 28.2 Å². The quantitative estimate of drug-likeness (QED) is 0.243. The Morgan fingerprint density at radius 2 is 0.674 bits per heavy atom. The zero-order chi connectivity index (χ0) is 32.7. The Hall–Kier alpha value is -5.84. The van der Waals surface area contributed by atoms with E-state index in [0.717, 1.165) is 4.90 Å². The van der Waals surface area contributed by atoms with Gasteiger partial charge in [-0.25, -0.2) is 0 Å². The van der Waals surface area contributed by atoms with Crippen molar-refractivity contribution in [2.24, 2.45) is 11.8 Å². The number of benzene rings is 4. The maximum atomic E-state index is 14.1. The van der Waals surface area contributed by atoms with E-state index in [1.807, 2.05) is 0 Å². The van der Waals surface area contributed by atoms with E-state index in [-0.39, 0.29) is 72.0 Å². The van der Waals surface area contributed by atoms with E-state index < -0.39 is 59.0 Å². The molecule has 3 aliphatic heterocycles. The fourth-order valence-corrected chi connectivity index (χ4v) is 7.36. The van der Waals surface area contributed by atoms with Gasteiger partial charge in [-0.05, 0) is 68.3 Å². The van der Waals surface area contributed by atoms with Crippen LogP contribution in [-0.2, 0) is 0 Å². The van der Waals surface area contributed by atoms with Crippen LogP contribution in [0.25, 0.3) is 21.5 Å². The van der Waals surface area contributed by atoms with Gasteiger partial charge in [-0.2, -0.15) is 10.0 Å². The first-order valence-corrected chi connectivity index (χ1v) is 14.8. The Bertz CT molecular complexity index is 2000. The number of amides is 6. The summed E-state index contributed by atoms with van der Waals surface area (Å²) < 4.78 is 0. The summed E-state index contributed by atoms with van der Waals surface area (Å²) in [5, 5.41) is 1.54. The van der Waals surface area contributed by atoms with Gasteiger partial charge in [-0.15, -0.1) is 0 Å². The maximum Gasteiger partial charge on any atom is 0.281 e. The molecule has 0 saturated heterocycles. The molecule has 4 aliphatic rings. The highest BCUT2D eigenvalue weighted by Gasteiger charge is 2.48. The second-order valence-corrected chi connectivity index (χ2v) is 12.5. The van der Waals surface area contributed by atoms with Crippen LogP contribution in [0, 0.1) is 11.8 Å². The standard InChI is InChI=1S/C35H23N3O8/c1-13(2)23-28(39)15-5-7-19-26-20(8-6-16(24(15)26)29(23)40)33(44)37(32(19)43)38-34(45)21-11-9-17-25-18(10-12-22(27(21)25)35(38)46)31(42)36(14(3)4)30(17)41/h5-14,23H,1-4H3. The lowest BCUT2D eigenvalue weighted by molar-refractivity contribution is 0.00211. The van der Waals surface area contributed by atoms with Crippen LogP contribution < -0.4 is 0 Å². The van der Waals surface area contributed by atoms with Crippen molar-refractivity contribution < 1.29 is 38.4 Å². The number of nitrogens with zero attached hydrogens (tertiary/aromatic N) is 3. The number of ketones is 2. The fraction of sp³-hybridized carbons (Fsp3) is 0.200. The molecule has 46 heavy (non-hydrogen) atoms. The highest BCUT2D eigenvalue weighted by atomic mass is 16.2. The summed E-state index contributed by atoms with van der Waals surface area (Å²) in [5.41, 5.74) is 0.508. The lowest BCUT2D eigenvalue weighted by Gasteiger charge is -2.38.